The second-order valence-electron chi connectivity index (χ2n) is 6.06. The zero-order valence-electron chi connectivity index (χ0n) is 13.0. The van der Waals surface area contributed by atoms with Crippen LogP contribution in [0.15, 0.2) is 24.3 Å². The molecule has 0 radical (unpaired) electrons. The monoisotopic (exact) mass is 308 g/mol. The Bertz CT molecular complexity index is 478. The molecule has 0 spiro atoms. The summed E-state index contributed by atoms with van der Waals surface area (Å²) in [6.07, 6.45) is 4.05. The summed E-state index contributed by atoms with van der Waals surface area (Å²) < 4.78 is 0. The molecule has 116 valence electrons. The van der Waals surface area contributed by atoms with E-state index in [1.165, 1.54) is 0 Å². The lowest BCUT2D eigenvalue weighted by Gasteiger charge is -2.39. The molecule has 0 bridgehead atoms. The molecule has 1 N–H and O–H groups in total. The van der Waals surface area contributed by atoms with Crippen molar-refractivity contribution in [3.8, 4) is 0 Å². The average Bonchev–Trinajstić information content (AvgIpc) is 2.50. The van der Waals surface area contributed by atoms with Gasteiger partial charge in [0.25, 0.3) is 0 Å². The smallest absolute Gasteiger partial charge is 0.230 e. The number of halogens is 1. The highest BCUT2D eigenvalue weighted by Crippen LogP contribution is 2.34. The highest BCUT2D eigenvalue weighted by Gasteiger charge is 2.40. The molecule has 1 amide bonds. The van der Waals surface area contributed by atoms with E-state index in [1.54, 1.807) is 0 Å². The summed E-state index contributed by atoms with van der Waals surface area (Å²) in [5, 5.41) is 4.12. The van der Waals surface area contributed by atoms with Gasteiger partial charge in [-0.1, -0.05) is 43.1 Å². The van der Waals surface area contributed by atoms with Crippen LogP contribution >= 0.6 is 11.6 Å². The molecule has 0 saturated carbocycles. The summed E-state index contributed by atoms with van der Waals surface area (Å²) in [5.74, 6) is 0.247. The second kappa shape index (κ2) is 7.28. The summed E-state index contributed by atoms with van der Waals surface area (Å²) in [6.45, 7) is 4.54. The molecule has 3 nitrogen and oxygen atoms in total. The Morgan fingerprint density at radius 3 is 2.81 bits per heavy atom. The minimum Gasteiger partial charge on any atom is -0.341 e. The third-order valence-corrected chi connectivity index (χ3v) is 4.74. The van der Waals surface area contributed by atoms with Gasteiger partial charge in [-0.15, -0.1) is 0 Å². The molecule has 1 aromatic rings. The summed E-state index contributed by atoms with van der Waals surface area (Å²) >= 11 is 6.20. The zero-order valence-corrected chi connectivity index (χ0v) is 13.7. The molecule has 1 atom stereocenters. The highest BCUT2D eigenvalue weighted by molar-refractivity contribution is 6.31. The van der Waals surface area contributed by atoms with Crippen molar-refractivity contribution in [2.45, 2.75) is 39.2 Å². The number of carbonyl (C=O) groups is 1. The average molecular weight is 309 g/mol. The van der Waals surface area contributed by atoms with E-state index in [0.717, 1.165) is 49.4 Å². The van der Waals surface area contributed by atoms with E-state index in [-0.39, 0.29) is 11.3 Å². The minimum atomic E-state index is -0.233. The van der Waals surface area contributed by atoms with Gasteiger partial charge in [-0.3, -0.25) is 4.79 Å². The van der Waals surface area contributed by atoms with Crippen LogP contribution in [0.2, 0.25) is 5.02 Å². The van der Waals surface area contributed by atoms with Gasteiger partial charge in [0.2, 0.25) is 5.91 Å². The van der Waals surface area contributed by atoms with Crippen LogP contribution in [-0.4, -0.2) is 30.9 Å². The van der Waals surface area contributed by atoms with Gasteiger partial charge in [0.05, 0.1) is 5.41 Å². The maximum absolute atomic E-state index is 13.0. The van der Waals surface area contributed by atoms with Crippen LogP contribution in [0.3, 0.4) is 0 Å². The molecule has 1 aliphatic heterocycles. The molecule has 0 aromatic heterocycles. The summed E-state index contributed by atoms with van der Waals surface area (Å²) in [4.78, 5) is 14.8. The fourth-order valence-electron chi connectivity index (χ4n) is 3.31. The van der Waals surface area contributed by atoms with Crippen molar-refractivity contribution in [3.05, 3.63) is 34.9 Å². The van der Waals surface area contributed by atoms with Crippen molar-refractivity contribution >= 4 is 17.5 Å². The third-order valence-electron chi connectivity index (χ3n) is 4.37. The quantitative estimate of drug-likeness (QED) is 0.903. The number of carbonyl (C=O) groups excluding carboxylic acids is 1. The predicted octanol–water partition coefficient (Wildman–Crippen LogP) is 3.47. The van der Waals surface area contributed by atoms with Crippen molar-refractivity contribution in [3.63, 3.8) is 0 Å². The van der Waals surface area contributed by atoms with Crippen LogP contribution in [0, 0.1) is 5.41 Å². The van der Waals surface area contributed by atoms with Crippen molar-refractivity contribution in [1.29, 1.82) is 0 Å². The van der Waals surface area contributed by atoms with Gasteiger partial charge in [0.15, 0.2) is 0 Å². The third kappa shape index (κ3) is 3.78. The second-order valence-corrected chi connectivity index (χ2v) is 6.47. The van der Waals surface area contributed by atoms with Gasteiger partial charge in [0.1, 0.15) is 0 Å². The van der Waals surface area contributed by atoms with Gasteiger partial charge in [-0.05, 0) is 37.4 Å². The van der Waals surface area contributed by atoms with E-state index in [4.69, 9.17) is 11.6 Å². The van der Waals surface area contributed by atoms with Gasteiger partial charge in [-0.2, -0.15) is 0 Å². The van der Waals surface area contributed by atoms with Gasteiger partial charge in [0, 0.05) is 25.2 Å². The summed E-state index contributed by atoms with van der Waals surface area (Å²) in [6, 6.07) is 7.73. The molecule has 1 unspecified atom stereocenters. The lowest BCUT2D eigenvalue weighted by molar-refractivity contribution is -0.143. The number of rotatable bonds is 5. The van der Waals surface area contributed by atoms with Crippen molar-refractivity contribution in [1.82, 2.24) is 10.2 Å². The summed E-state index contributed by atoms with van der Waals surface area (Å²) in [5.41, 5.74) is 0.772. The molecule has 21 heavy (non-hydrogen) atoms. The predicted molar refractivity (Wildman–Crippen MR) is 87.4 cm³/mol. The van der Waals surface area contributed by atoms with Gasteiger partial charge < -0.3 is 10.2 Å². The molecule has 1 aliphatic rings. The standard InChI is InChI=1S/C17H25ClN2O/c1-3-9-17(10-6-11-19-13-17)16(21)20(2)12-14-7-4-5-8-15(14)18/h4-5,7-8,19H,3,6,9-13H2,1-2H3. The number of hydrogen-bond donors (Lipinski definition) is 1. The molecule has 1 heterocycles. The first-order valence-electron chi connectivity index (χ1n) is 7.79. The van der Waals surface area contributed by atoms with Gasteiger partial charge in [-0.25, -0.2) is 0 Å². The van der Waals surface area contributed by atoms with Crippen molar-refractivity contribution in [2.75, 3.05) is 20.1 Å². The number of amides is 1. The number of nitrogens with zero attached hydrogens (tertiary/aromatic N) is 1. The molecule has 4 heteroatoms. The normalized spacial score (nSPS) is 22.0. The molecule has 1 saturated heterocycles. The van der Waals surface area contributed by atoms with E-state index in [0.29, 0.717) is 6.54 Å². The molecule has 0 aliphatic carbocycles. The van der Waals surface area contributed by atoms with E-state index in [1.807, 2.05) is 36.2 Å². The first kappa shape index (κ1) is 16.3. The van der Waals surface area contributed by atoms with E-state index in [2.05, 4.69) is 12.2 Å². The SMILES string of the molecule is CCCC1(C(=O)N(C)Cc2ccccc2Cl)CCCNC1. The van der Waals surface area contributed by atoms with Crippen LogP contribution in [0.25, 0.3) is 0 Å². The number of benzene rings is 1. The Hall–Kier alpha value is -1.06. The molecule has 1 fully saturated rings. The number of piperidine rings is 1. The van der Waals surface area contributed by atoms with E-state index in [9.17, 15) is 4.79 Å². The van der Waals surface area contributed by atoms with Crippen LogP contribution in [0.4, 0.5) is 0 Å². The first-order valence-corrected chi connectivity index (χ1v) is 8.16. The first-order chi connectivity index (χ1) is 10.1. The Balaban J connectivity index is 2.11. The topological polar surface area (TPSA) is 32.3 Å². The van der Waals surface area contributed by atoms with Crippen LogP contribution in [0.5, 0.6) is 0 Å². The fraction of sp³-hybridized carbons (Fsp3) is 0.588. The Morgan fingerprint density at radius 2 is 2.19 bits per heavy atom. The highest BCUT2D eigenvalue weighted by atomic mass is 35.5. The molecular weight excluding hydrogens is 284 g/mol. The maximum Gasteiger partial charge on any atom is 0.230 e. The Labute approximate surface area is 132 Å². The number of hydrogen-bond acceptors (Lipinski definition) is 2. The van der Waals surface area contributed by atoms with E-state index >= 15 is 0 Å². The Kier molecular flexibility index (Phi) is 5.65. The minimum absolute atomic E-state index is 0.233. The molecule has 1 aromatic carbocycles. The lowest BCUT2D eigenvalue weighted by atomic mass is 9.75. The fourth-order valence-corrected chi connectivity index (χ4v) is 3.50. The maximum atomic E-state index is 13.0. The van der Waals surface area contributed by atoms with Crippen LogP contribution in [0.1, 0.15) is 38.2 Å². The summed E-state index contributed by atoms with van der Waals surface area (Å²) in [7, 11) is 1.89. The van der Waals surface area contributed by atoms with Crippen LogP contribution in [-0.2, 0) is 11.3 Å². The Morgan fingerprint density at radius 1 is 1.43 bits per heavy atom. The van der Waals surface area contributed by atoms with Crippen LogP contribution < -0.4 is 5.32 Å². The largest absolute Gasteiger partial charge is 0.341 e. The number of nitrogens with one attached hydrogen (secondary N) is 1. The van der Waals surface area contributed by atoms with Crippen molar-refractivity contribution in [2.24, 2.45) is 5.41 Å². The molecular formula is C17H25ClN2O. The van der Waals surface area contributed by atoms with Crippen molar-refractivity contribution < 1.29 is 4.79 Å². The van der Waals surface area contributed by atoms with E-state index < -0.39 is 0 Å². The molecule has 2 rings (SSSR count). The lowest BCUT2D eigenvalue weighted by Crippen LogP contribution is -2.50. The zero-order chi connectivity index (χ0) is 15.3. The van der Waals surface area contributed by atoms with Gasteiger partial charge >= 0.3 is 0 Å².